The number of hydrogen-bond acceptors (Lipinski definition) is 3. The van der Waals surface area contributed by atoms with Crippen LogP contribution in [-0.2, 0) is 0 Å². The first-order valence-electron chi connectivity index (χ1n) is 7.54. The molecular weight excluding hydrogens is 248 g/mol. The Hall–Kier alpha value is -1.77. The SMILES string of the molecule is O=C(CC1CC2CCC1C2)c1cnc2ccccc2n1. The molecule has 1 aromatic carbocycles. The number of carbonyl (C=O) groups is 1. The summed E-state index contributed by atoms with van der Waals surface area (Å²) >= 11 is 0. The van der Waals surface area contributed by atoms with Gasteiger partial charge in [0, 0.05) is 6.42 Å². The van der Waals surface area contributed by atoms with Gasteiger partial charge in [-0.15, -0.1) is 0 Å². The van der Waals surface area contributed by atoms with Crippen LogP contribution in [0, 0.1) is 17.8 Å². The van der Waals surface area contributed by atoms with E-state index in [1.165, 1.54) is 25.7 Å². The van der Waals surface area contributed by atoms with Gasteiger partial charge in [-0.3, -0.25) is 9.78 Å². The number of fused-ring (bicyclic) bond motifs is 3. The quantitative estimate of drug-likeness (QED) is 0.797. The zero-order chi connectivity index (χ0) is 13.5. The molecule has 2 saturated carbocycles. The van der Waals surface area contributed by atoms with Gasteiger partial charge < -0.3 is 0 Å². The molecule has 2 aliphatic carbocycles. The van der Waals surface area contributed by atoms with E-state index < -0.39 is 0 Å². The Labute approximate surface area is 118 Å². The van der Waals surface area contributed by atoms with Crippen molar-refractivity contribution in [3.8, 4) is 0 Å². The third-order valence-electron chi connectivity index (χ3n) is 5.07. The summed E-state index contributed by atoms with van der Waals surface area (Å²) in [5.41, 5.74) is 2.20. The highest BCUT2D eigenvalue weighted by Gasteiger charge is 2.40. The molecule has 0 amide bonds. The lowest BCUT2D eigenvalue weighted by atomic mass is 9.85. The van der Waals surface area contributed by atoms with E-state index in [-0.39, 0.29) is 5.78 Å². The van der Waals surface area contributed by atoms with Crippen LogP contribution in [0.15, 0.2) is 30.5 Å². The number of nitrogens with zero attached hydrogens (tertiary/aromatic N) is 2. The van der Waals surface area contributed by atoms with Gasteiger partial charge in [0.15, 0.2) is 5.78 Å². The Bertz CT molecular complexity index is 667. The minimum atomic E-state index is 0.167. The smallest absolute Gasteiger partial charge is 0.183 e. The monoisotopic (exact) mass is 266 g/mol. The Morgan fingerprint density at radius 1 is 1.15 bits per heavy atom. The van der Waals surface area contributed by atoms with Crippen molar-refractivity contribution in [2.24, 2.45) is 17.8 Å². The van der Waals surface area contributed by atoms with E-state index in [9.17, 15) is 4.79 Å². The summed E-state index contributed by atoms with van der Waals surface area (Å²) in [6.45, 7) is 0. The van der Waals surface area contributed by atoms with Crippen molar-refractivity contribution in [3.63, 3.8) is 0 Å². The molecule has 2 fully saturated rings. The molecule has 4 rings (SSSR count). The van der Waals surface area contributed by atoms with Crippen LogP contribution in [0.5, 0.6) is 0 Å². The van der Waals surface area contributed by atoms with Gasteiger partial charge in [0.25, 0.3) is 0 Å². The highest BCUT2D eigenvalue weighted by atomic mass is 16.1. The van der Waals surface area contributed by atoms with Gasteiger partial charge in [-0.25, -0.2) is 4.98 Å². The van der Waals surface area contributed by atoms with E-state index in [1.807, 2.05) is 24.3 Å². The van der Waals surface area contributed by atoms with Crippen LogP contribution >= 0.6 is 0 Å². The summed E-state index contributed by atoms with van der Waals surface area (Å²) in [7, 11) is 0. The van der Waals surface area contributed by atoms with Gasteiger partial charge in [-0.05, 0) is 49.1 Å². The van der Waals surface area contributed by atoms with E-state index in [0.29, 0.717) is 18.0 Å². The Balaban J connectivity index is 1.54. The number of hydrogen-bond donors (Lipinski definition) is 0. The van der Waals surface area contributed by atoms with Crippen LogP contribution in [0.4, 0.5) is 0 Å². The van der Waals surface area contributed by atoms with Gasteiger partial charge >= 0.3 is 0 Å². The summed E-state index contributed by atoms with van der Waals surface area (Å²) in [6.07, 6.45) is 7.60. The second-order valence-electron chi connectivity index (χ2n) is 6.31. The first kappa shape index (κ1) is 12.0. The topological polar surface area (TPSA) is 42.9 Å². The van der Waals surface area contributed by atoms with Crippen LogP contribution in [0.2, 0.25) is 0 Å². The van der Waals surface area contributed by atoms with Crippen molar-refractivity contribution in [2.45, 2.75) is 32.1 Å². The lowest BCUT2D eigenvalue weighted by Crippen LogP contribution is -2.16. The molecule has 3 nitrogen and oxygen atoms in total. The zero-order valence-corrected chi connectivity index (χ0v) is 11.5. The van der Waals surface area contributed by atoms with Crippen molar-refractivity contribution in [1.29, 1.82) is 0 Å². The molecule has 20 heavy (non-hydrogen) atoms. The number of Topliss-reactive ketones (excluding diaryl/α,β-unsaturated/α-hetero) is 1. The van der Waals surface area contributed by atoms with Gasteiger partial charge in [-0.1, -0.05) is 18.6 Å². The maximum Gasteiger partial charge on any atom is 0.183 e. The third kappa shape index (κ3) is 2.01. The van der Waals surface area contributed by atoms with Crippen molar-refractivity contribution < 1.29 is 4.79 Å². The third-order valence-corrected chi connectivity index (χ3v) is 5.07. The Morgan fingerprint density at radius 3 is 2.75 bits per heavy atom. The molecule has 3 heteroatoms. The number of ketones is 1. The second kappa shape index (κ2) is 4.65. The number of rotatable bonds is 3. The molecule has 3 unspecified atom stereocenters. The highest BCUT2D eigenvalue weighted by Crippen LogP contribution is 2.49. The molecule has 0 aliphatic heterocycles. The molecule has 0 spiro atoms. The number of carbonyl (C=O) groups excluding carboxylic acids is 1. The van der Waals surface area contributed by atoms with Crippen LogP contribution in [0.3, 0.4) is 0 Å². The zero-order valence-electron chi connectivity index (χ0n) is 11.5. The number of benzene rings is 1. The lowest BCUT2D eigenvalue weighted by Gasteiger charge is -2.20. The standard InChI is InChI=1S/C17H18N2O/c20-17(9-13-8-11-5-6-12(13)7-11)16-10-18-14-3-1-2-4-15(14)19-16/h1-4,10-13H,5-9H2. The fourth-order valence-corrected chi connectivity index (χ4v) is 4.06. The van der Waals surface area contributed by atoms with Crippen LogP contribution < -0.4 is 0 Å². The van der Waals surface area contributed by atoms with E-state index in [0.717, 1.165) is 22.9 Å². The lowest BCUT2D eigenvalue weighted by molar-refractivity contribution is 0.0939. The molecule has 2 aromatic rings. The average molecular weight is 266 g/mol. The summed E-state index contributed by atoms with van der Waals surface area (Å²) in [5, 5.41) is 0. The highest BCUT2D eigenvalue weighted by molar-refractivity contribution is 5.95. The minimum Gasteiger partial charge on any atom is -0.292 e. The van der Waals surface area contributed by atoms with Crippen molar-refractivity contribution in [3.05, 3.63) is 36.2 Å². The summed E-state index contributed by atoms with van der Waals surface area (Å²) < 4.78 is 0. The van der Waals surface area contributed by atoms with E-state index in [2.05, 4.69) is 9.97 Å². The summed E-state index contributed by atoms with van der Waals surface area (Å²) in [5.74, 6) is 2.44. The minimum absolute atomic E-state index is 0.167. The second-order valence-corrected chi connectivity index (χ2v) is 6.31. The maximum atomic E-state index is 12.4. The van der Waals surface area contributed by atoms with Crippen molar-refractivity contribution in [1.82, 2.24) is 9.97 Å². The summed E-state index contributed by atoms with van der Waals surface area (Å²) in [6, 6.07) is 7.71. The number of para-hydroxylation sites is 2. The van der Waals surface area contributed by atoms with Crippen molar-refractivity contribution >= 4 is 16.8 Å². The van der Waals surface area contributed by atoms with Gasteiger partial charge in [-0.2, -0.15) is 0 Å². The first-order chi connectivity index (χ1) is 9.79. The molecular formula is C17H18N2O. The van der Waals surface area contributed by atoms with Gasteiger partial charge in [0.2, 0.25) is 0 Å². The molecule has 0 radical (unpaired) electrons. The molecule has 1 heterocycles. The predicted molar refractivity (Wildman–Crippen MR) is 77.4 cm³/mol. The fourth-order valence-electron chi connectivity index (χ4n) is 4.06. The average Bonchev–Trinajstić information content (AvgIpc) is 3.09. The van der Waals surface area contributed by atoms with Crippen LogP contribution in [0.25, 0.3) is 11.0 Å². The molecule has 0 N–H and O–H groups in total. The molecule has 2 bridgehead atoms. The summed E-state index contributed by atoms with van der Waals surface area (Å²) in [4.78, 5) is 21.2. The molecule has 102 valence electrons. The molecule has 3 atom stereocenters. The van der Waals surface area contributed by atoms with Gasteiger partial charge in [0.1, 0.15) is 5.69 Å². The largest absolute Gasteiger partial charge is 0.292 e. The van der Waals surface area contributed by atoms with Crippen LogP contribution in [-0.4, -0.2) is 15.8 Å². The predicted octanol–water partition coefficient (Wildman–Crippen LogP) is 3.64. The van der Waals surface area contributed by atoms with E-state index in [4.69, 9.17) is 0 Å². The molecule has 2 aliphatic rings. The molecule has 0 saturated heterocycles. The van der Waals surface area contributed by atoms with E-state index in [1.54, 1.807) is 6.20 Å². The normalized spacial score (nSPS) is 28.1. The van der Waals surface area contributed by atoms with Crippen LogP contribution in [0.1, 0.15) is 42.6 Å². The number of aromatic nitrogens is 2. The van der Waals surface area contributed by atoms with Crippen molar-refractivity contribution in [2.75, 3.05) is 0 Å². The maximum absolute atomic E-state index is 12.4. The van der Waals surface area contributed by atoms with E-state index >= 15 is 0 Å². The van der Waals surface area contributed by atoms with Gasteiger partial charge in [0.05, 0.1) is 17.2 Å². The Kier molecular flexibility index (Phi) is 2.79. The molecule has 1 aromatic heterocycles. The first-order valence-corrected chi connectivity index (χ1v) is 7.54. The fraction of sp³-hybridized carbons (Fsp3) is 0.471. The Morgan fingerprint density at radius 2 is 2.00 bits per heavy atom.